The molecule has 0 aliphatic rings. The summed E-state index contributed by atoms with van der Waals surface area (Å²) < 4.78 is 4.66. The Morgan fingerprint density at radius 1 is 1.50 bits per heavy atom. The molecule has 0 saturated heterocycles. The molecular weight excluding hydrogens is 250 g/mol. The molecule has 0 radical (unpaired) electrons. The third-order valence-corrected chi connectivity index (χ3v) is 3.21. The highest BCUT2D eigenvalue weighted by Gasteiger charge is 2.09. The second-order valence-electron chi connectivity index (χ2n) is 3.71. The third kappa shape index (κ3) is 2.60. The van der Waals surface area contributed by atoms with E-state index in [-0.39, 0.29) is 0 Å². The van der Waals surface area contributed by atoms with Crippen LogP contribution in [0.5, 0.6) is 0 Å². The van der Waals surface area contributed by atoms with Gasteiger partial charge in [-0.2, -0.15) is 0 Å². The van der Waals surface area contributed by atoms with Gasteiger partial charge >= 0.3 is 5.97 Å². The summed E-state index contributed by atoms with van der Waals surface area (Å²) in [5.41, 5.74) is 8.43. The maximum Gasteiger partial charge on any atom is 0.337 e. The number of carbonyl (C=O) groups is 1. The first-order valence-corrected chi connectivity index (χ1v) is 6.15. The highest BCUT2D eigenvalue weighted by atomic mass is 32.1. The number of anilines is 3. The lowest BCUT2D eigenvalue weighted by molar-refractivity contribution is 0.0601. The van der Waals surface area contributed by atoms with Crippen molar-refractivity contribution in [3.05, 3.63) is 34.8 Å². The minimum atomic E-state index is -0.395. The fourth-order valence-electron chi connectivity index (χ4n) is 1.44. The van der Waals surface area contributed by atoms with E-state index in [0.29, 0.717) is 16.9 Å². The highest BCUT2D eigenvalue weighted by Crippen LogP contribution is 2.26. The van der Waals surface area contributed by atoms with Crippen molar-refractivity contribution in [3.8, 4) is 0 Å². The van der Waals surface area contributed by atoms with Gasteiger partial charge in [0.05, 0.1) is 29.7 Å². The van der Waals surface area contributed by atoms with Gasteiger partial charge in [0.1, 0.15) is 0 Å². The van der Waals surface area contributed by atoms with E-state index >= 15 is 0 Å². The summed E-state index contributed by atoms with van der Waals surface area (Å²) in [5.74, 6) is -0.395. The van der Waals surface area contributed by atoms with E-state index < -0.39 is 5.97 Å². The second-order valence-corrected chi connectivity index (χ2v) is 4.57. The van der Waals surface area contributed by atoms with Crippen LogP contribution in [0.25, 0.3) is 0 Å². The Morgan fingerprint density at radius 2 is 2.28 bits per heavy atom. The molecule has 0 unspecified atom stereocenters. The normalized spacial score (nSPS) is 10.1. The molecule has 0 saturated carbocycles. The summed E-state index contributed by atoms with van der Waals surface area (Å²) in [5, 5.41) is 5.76. The number of rotatable bonds is 3. The van der Waals surface area contributed by atoms with Crippen LogP contribution in [0.1, 0.15) is 16.1 Å². The van der Waals surface area contributed by atoms with Gasteiger partial charge in [-0.05, 0) is 25.1 Å². The fraction of sp³-hybridized carbons (Fsp3) is 0.167. The number of aryl methyl sites for hydroxylation is 1. The summed E-state index contributed by atoms with van der Waals surface area (Å²) in [6.45, 7) is 1.91. The maximum absolute atomic E-state index is 11.4. The van der Waals surface area contributed by atoms with Crippen LogP contribution in [0.3, 0.4) is 0 Å². The number of aromatic nitrogens is 1. The molecule has 5 nitrogen and oxygen atoms in total. The molecule has 2 aromatic rings. The summed E-state index contributed by atoms with van der Waals surface area (Å²) in [6.07, 6.45) is 0. The smallest absolute Gasteiger partial charge is 0.337 e. The van der Waals surface area contributed by atoms with E-state index in [1.54, 1.807) is 18.2 Å². The van der Waals surface area contributed by atoms with Gasteiger partial charge in [0.15, 0.2) is 5.13 Å². The quantitative estimate of drug-likeness (QED) is 0.657. The average Bonchev–Trinajstić information content (AvgIpc) is 2.76. The number of hydrogen-bond donors (Lipinski definition) is 2. The fourth-order valence-corrected chi connectivity index (χ4v) is 2.14. The van der Waals surface area contributed by atoms with E-state index in [9.17, 15) is 4.79 Å². The first-order chi connectivity index (χ1) is 8.60. The summed E-state index contributed by atoms with van der Waals surface area (Å²) in [7, 11) is 1.34. The van der Waals surface area contributed by atoms with Crippen molar-refractivity contribution in [1.82, 2.24) is 4.98 Å². The lowest BCUT2D eigenvalue weighted by Gasteiger charge is -2.08. The SMILES string of the molecule is COC(=O)c1ccc(N)c(Nc2nc(C)cs2)c1. The first-order valence-electron chi connectivity index (χ1n) is 5.27. The van der Waals surface area contributed by atoms with Gasteiger partial charge in [0.25, 0.3) is 0 Å². The van der Waals surface area contributed by atoms with Crippen molar-refractivity contribution in [2.45, 2.75) is 6.92 Å². The van der Waals surface area contributed by atoms with Gasteiger partial charge in [-0.3, -0.25) is 0 Å². The Bertz CT molecular complexity index is 580. The largest absolute Gasteiger partial charge is 0.465 e. The highest BCUT2D eigenvalue weighted by molar-refractivity contribution is 7.13. The van der Waals surface area contributed by atoms with E-state index in [1.165, 1.54) is 18.4 Å². The van der Waals surface area contributed by atoms with Crippen LogP contribution in [0.4, 0.5) is 16.5 Å². The third-order valence-electron chi connectivity index (χ3n) is 2.34. The molecule has 1 aromatic carbocycles. The summed E-state index contributed by atoms with van der Waals surface area (Å²) >= 11 is 1.48. The molecule has 2 rings (SSSR count). The molecule has 94 valence electrons. The number of hydrogen-bond acceptors (Lipinski definition) is 6. The number of benzene rings is 1. The van der Waals surface area contributed by atoms with Crippen LogP contribution in [0.15, 0.2) is 23.6 Å². The molecule has 1 aromatic heterocycles. The minimum absolute atomic E-state index is 0.395. The zero-order valence-electron chi connectivity index (χ0n) is 10.1. The predicted octanol–water partition coefficient (Wildman–Crippen LogP) is 2.56. The topological polar surface area (TPSA) is 77.2 Å². The Morgan fingerprint density at radius 3 is 2.89 bits per heavy atom. The molecule has 0 aliphatic heterocycles. The molecule has 0 aliphatic carbocycles. The number of nitrogens with zero attached hydrogens (tertiary/aromatic N) is 1. The van der Waals surface area contributed by atoms with Crippen LogP contribution < -0.4 is 11.1 Å². The van der Waals surface area contributed by atoms with Crippen LogP contribution in [0, 0.1) is 6.92 Å². The van der Waals surface area contributed by atoms with Gasteiger partial charge in [-0.15, -0.1) is 11.3 Å². The van der Waals surface area contributed by atoms with Crippen molar-refractivity contribution in [1.29, 1.82) is 0 Å². The number of carbonyl (C=O) groups excluding carboxylic acids is 1. The van der Waals surface area contributed by atoms with Crippen LogP contribution in [-0.2, 0) is 4.74 Å². The lowest BCUT2D eigenvalue weighted by atomic mass is 10.2. The monoisotopic (exact) mass is 263 g/mol. The number of nitrogens with one attached hydrogen (secondary N) is 1. The van der Waals surface area contributed by atoms with E-state index in [4.69, 9.17) is 5.73 Å². The molecule has 3 N–H and O–H groups in total. The molecular formula is C12H13N3O2S. The van der Waals surface area contributed by atoms with E-state index in [0.717, 1.165) is 10.8 Å². The number of nitrogen functional groups attached to an aromatic ring is 1. The van der Waals surface area contributed by atoms with Crippen LogP contribution >= 0.6 is 11.3 Å². The van der Waals surface area contributed by atoms with Gasteiger partial charge in [0.2, 0.25) is 0 Å². The second kappa shape index (κ2) is 5.05. The van der Waals surface area contributed by atoms with Crippen LogP contribution in [-0.4, -0.2) is 18.1 Å². The molecule has 0 amide bonds. The van der Waals surface area contributed by atoms with Gasteiger partial charge in [-0.25, -0.2) is 9.78 Å². The Balaban J connectivity index is 2.29. The Kier molecular flexibility index (Phi) is 3.47. The molecule has 0 atom stereocenters. The van der Waals surface area contributed by atoms with Gasteiger partial charge < -0.3 is 15.8 Å². The lowest BCUT2D eigenvalue weighted by Crippen LogP contribution is -2.03. The van der Waals surface area contributed by atoms with Crippen molar-refractivity contribution < 1.29 is 9.53 Å². The number of thiazole rings is 1. The number of methoxy groups -OCH3 is 1. The van der Waals surface area contributed by atoms with Crippen molar-refractivity contribution in [2.75, 3.05) is 18.2 Å². The summed E-state index contributed by atoms with van der Waals surface area (Å²) in [6, 6.07) is 4.94. The van der Waals surface area contributed by atoms with Crippen LogP contribution in [0.2, 0.25) is 0 Å². The minimum Gasteiger partial charge on any atom is -0.465 e. The molecule has 0 bridgehead atoms. The first kappa shape index (κ1) is 12.4. The average molecular weight is 263 g/mol. The molecule has 18 heavy (non-hydrogen) atoms. The number of nitrogens with two attached hydrogens (primary N) is 1. The Labute approximate surface area is 109 Å². The standard InChI is InChI=1S/C12H13N3O2S/c1-7-6-18-12(14-7)15-10-5-8(11(16)17-2)3-4-9(10)13/h3-6H,13H2,1-2H3,(H,14,15). The zero-order chi connectivity index (χ0) is 13.1. The number of esters is 1. The number of ether oxygens (including phenoxy) is 1. The molecule has 0 fully saturated rings. The molecule has 0 spiro atoms. The van der Waals surface area contributed by atoms with Crippen molar-refractivity contribution in [2.24, 2.45) is 0 Å². The van der Waals surface area contributed by atoms with Crippen molar-refractivity contribution in [3.63, 3.8) is 0 Å². The van der Waals surface area contributed by atoms with Crippen molar-refractivity contribution >= 4 is 33.8 Å². The van der Waals surface area contributed by atoms with Gasteiger partial charge in [0, 0.05) is 5.38 Å². The maximum atomic E-state index is 11.4. The summed E-state index contributed by atoms with van der Waals surface area (Å²) in [4.78, 5) is 15.7. The Hall–Kier alpha value is -2.08. The zero-order valence-corrected chi connectivity index (χ0v) is 10.9. The van der Waals surface area contributed by atoms with Gasteiger partial charge in [-0.1, -0.05) is 0 Å². The molecule has 6 heteroatoms. The van der Waals surface area contributed by atoms with E-state index in [2.05, 4.69) is 15.0 Å². The predicted molar refractivity (Wildman–Crippen MR) is 72.3 cm³/mol. The molecule has 1 heterocycles. The van der Waals surface area contributed by atoms with E-state index in [1.807, 2.05) is 12.3 Å².